The van der Waals surface area contributed by atoms with Crippen LogP contribution >= 0.6 is 0 Å². The fourth-order valence-corrected chi connectivity index (χ4v) is 9.45. The van der Waals surface area contributed by atoms with Crippen LogP contribution < -0.4 is 0 Å². The molecule has 0 spiro atoms. The predicted molar refractivity (Wildman–Crippen MR) is 321 cm³/mol. The Labute approximate surface area is 460 Å². The second-order valence-electron chi connectivity index (χ2n) is 21.6. The van der Waals surface area contributed by atoms with E-state index in [4.69, 9.17) is 14.2 Å². The van der Waals surface area contributed by atoms with E-state index in [1.165, 1.54) is 225 Å². The maximum atomic E-state index is 12.8. The topological polar surface area (TPSA) is 78.9 Å². The summed E-state index contributed by atoms with van der Waals surface area (Å²) in [6.45, 7) is 6.48. The molecule has 0 fully saturated rings. The van der Waals surface area contributed by atoms with Crippen LogP contribution in [0.4, 0.5) is 0 Å². The maximum Gasteiger partial charge on any atom is 0.306 e. The molecule has 0 heterocycles. The lowest BCUT2D eigenvalue weighted by Gasteiger charge is -2.18. The van der Waals surface area contributed by atoms with E-state index in [9.17, 15) is 14.4 Å². The molecule has 0 rings (SSSR count). The third kappa shape index (κ3) is 60.0. The van der Waals surface area contributed by atoms with Crippen molar-refractivity contribution in [2.75, 3.05) is 13.2 Å². The molecule has 74 heavy (non-hydrogen) atoms. The summed E-state index contributed by atoms with van der Waals surface area (Å²) in [6.07, 6.45) is 80.0. The lowest BCUT2D eigenvalue weighted by Crippen LogP contribution is -2.30. The maximum absolute atomic E-state index is 12.8. The van der Waals surface area contributed by atoms with Crippen molar-refractivity contribution in [2.45, 2.75) is 341 Å². The Morgan fingerprint density at radius 1 is 0.284 bits per heavy atom. The monoisotopic (exact) mass is 1030 g/mol. The van der Waals surface area contributed by atoms with Crippen molar-refractivity contribution >= 4 is 17.9 Å². The highest BCUT2D eigenvalue weighted by Crippen LogP contribution is 2.17. The van der Waals surface area contributed by atoms with Crippen LogP contribution in [0.5, 0.6) is 0 Å². The van der Waals surface area contributed by atoms with Gasteiger partial charge in [0.2, 0.25) is 0 Å². The smallest absolute Gasteiger partial charge is 0.306 e. The van der Waals surface area contributed by atoms with Crippen LogP contribution in [0.15, 0.2) is 60.8 Å². The van der Waals surface area contributed by atoms with E-state index >= 15 is 0 Å². The van der Waals surface area contributed by atoms with E-state index < -0.39 is 6.10 Å². The lowest BCUT2D eigenvalue weighted by atomic mass is 10.0. The van der Waals surface area contributed by atoms with Crippen molar-refractivity contribution in [3.63, 3.8) is 0 Å². The summed E-state index contributed by atoms with van der Waals surface area (Å²) in [5.41, 5.74) is 0. The number of hydrogen-bond acceptors (Lipinski definition) is 6. The van der Waals surface area contributed by atoms with Crippen LogP contribution in [0.3, 0.4) is 0 Å². The van der Waals surface area contributed by atoms with Crippen LogP contribution in [0.1, 0.15) is 335 Å². The van der Waals surface area contributed by atoms with Gasteiger partial charge in [-0.15, -0.1) is 0 Å². The molecule has 0 aliphatic heterocycles. The largest absolute Gasteiger partial charge is 0.462 e. The molecule has 1 unspecified atom stereocenters. The van der Waals surface area contributed by atoms with Crippen LogP contribution in [0.25, 0.3) is 0 Å². The van der Waals surface area contributed by atoms with Gasteiger partial charge in [0.05, 0.1) is 0 Å². The molecular weight excluding hydrogens is 913 g/mol. The number of allylic oxidation sites excluding steroid dienone is 10. The minimum Gasteiger partial charge on any atom is -0.462 e. The lowest BCUT2D eigenvalue weighted by molar-refractivity contribution is -0.166. The molecule has 0 saturated heterocycles. The van der Waals surface area contributed by atoms with E-state index in [1.807, 2.05) is 6.08 Å². The summed E-state index contributed by atoms with van der Waals surface area (Å²) in [6, 6.07) is 0. The van der Waals surface area contributed by atoms with Crippen molar-refractivity contribution in [1.82, 2.24) is 0 Å². The zero-order valence-electron chi connectivity index (χ0n) is 49.4. The van der Waals surface area contributed by atoms with Gasteiger partial charge in [0, 0.05) is 19.3 Å². The second-order valence-corrected chi connectivity index (χ2v) is 21.6. The third-order valence-corrected chi connectivity index (χ3v) is 14.3. The van der Waals surface area contributed by atoms with E-state index in [-0.39, 0.29) is 37.5 Å². The van der Waals surface area contributed by atoms with Crippen molar-refractivity contribution < 1.29 is 28.6 Å². The van der Waals surface area contributed by atoms with Gasteiger partial charge in [-0.25, -0.2) is 0 Å². The summed E-state index contributed by atoms with van der Waals surface area (Å²) in [4.78, 5) is 38.0. The SMILES string of the molecule is CC/C=C\C/C=C\C/C=C\C/C=C\CCC(=O)OC(COC(=O)CCCCCCCCCCCC)COC(=O)CCCCCCCCCCCCCCCCCCCCCCC/C=C\CCCCCCCCCC. The first-order chi connectivity index (χ1) is 36.5. The Bertz CT molecular complexity index is 1330. The van der Waals surface area contributed by atoms with Crippen LogP contribution in [0.2, 0.25) is 0 Å². The molecule has 0 bridgehead atoms. The first-order valence-electron chi connectivity index (χ1n) is 32.3. The number of hydrogen-bond donors (Lipinski definition) is 0. The Balaban J connectivity index is 4.04. The minimum atomic E-state index is -0.808. The fourth-order valence-electron chi connectivity index (χ4n) is 9.45. The van der Waals surface area contributed by atoms with Gasteiger partial charge in [-0.3, -0.25) is 14.4 Å². The predicted octanol–water partition coefficient (Wildman–Crippen LogP) is 21.9. The zero-order valence-corrected chi connectivity index (χ0v) is 49.4. The van der Waals surface area contributed by atoms with Gasteiger partial charge in [-0.1, -0.05) is 306 Å². The first-order valence-corrected chi connectivity index (χ1v) is 32.3. The standard InChI is InChI=1S/C68H122O6/c1-4-7-10-13-16-19-22-24-25-26-27-28-29-30-31-32-33-34-35-36-37-38-39-40-41-42-43-45-46-49-52-55-58-61-67(70)73-64-65(63-72-66(69)60-57-54-51-48-21-18-15-12-9-6-3)74-68(71)62-59-56-53-50-47-44-23-20-17-14-11-8-5-2/h8,11,17,20,26-27,44,47,53,56,65H,4-7,9-10,12-16,18-19,21-25,28-43,45-46,48-52,54-55,57-64H2,1-3H3/b11-8-,20-17-,27-26-,47-44-,56-53-. The van der Waals surface area contributed by atoms with Gasteiger partial charge in [0.25, 0.3) is 0 Å². The van der Waals surface area contributed by atoms with E-state index in [2.05, 4.69) is 75.5 Å². The normalized spacial score (nSPS) is 12.4. The fraction of sp³-hybridized carbons (Fsp3) is 0.809. The van der Waals surface area contributed by atoms with Gasteiger partial charge in [0.1, 0.15) is 13.2 Å². The van der Waals surface area contributed by atoms with E-state index in [0.29, 0.717) is 19.3 Å². The van der Waals surface area contributed by atoms with Crippen molar-refractivity contribution in [2.24, 2.45) is 0 Å². The molecule has 6 heteroatoms. The zero-order chi connectivity index (χ0) is 53.6. The first kappa shape index (κ1) is 71.1. The highest BCUT2D eigenvalue weighted by molar-refractivity contribution is 5.71. The summed E-state index contributed by atoms with van der Waals surface area (Å²) in [5.74, 6) is -0.969. The van der Waals surface area contributed by atoms with Gasteiger partial charge in [-0.2, -0.15) is 0 Å². The molecule has 0 amide bonds. The number of unbranched alkanes of at least 4 members (excludes halogenated alkanes) is 38. The molecule has 1 atom stereocenters. The van der Waals surface area contributed by atoms with Crippen LogP contribution in [-0.4, -0.2) is 37.2 Å². The molecule has 0 radical (unpaired) electrons. The third-order valence-electron chi connectivity index (χ3n) is 14.3. The number of carbonyl (C=O) groups is 3. The molecule has 430 valence electrons. The second kappa shape index (κ2) is 62.6. The highest BCUT2D eigenvalue weighted by atomic mass is 16.6. The minimum absolute atomic E-state index is 0.0988. The highest BCUT2D eigenvalue weighted by Gasteiger charge is 2.19. The van der Waals surface area contributed by atoms with Crippen molar-refractivity contribution in [3.05, 3.63) is 60.8 Å². The number of carbonyl (C=O) groups excluding carboxylic acids is 3. The van der Waals surface area contributed by atoms with Gasteiger partial charge in [-0.05, 0) is 70.6 Å². The summed E-state index contributed by atoms with van der Waals surface area (Å²) < 4.78 is 16.8. The van der Waals surface area contributed by atoms with Gasteiger partial charge >= 0.3 is 17.9 Å². The average molecular weight is 1040 g/mol. The van der Waals surface area contributed by atoms with Crippen LogP contribution in [0, 0.1) is 0 Å². The Kier molecular flexibility index (Phi) is 60.2. The molecular formula is C68H122O6. The Morgan fingerprint density at radius 3 is 0.878 bits per heavy atom. The molecule has 6 nitrogen and oxygen atoms in total. The molecule has 0 aliphatic rings. The molecule has 0 N–H and O–H groups in total. The number of esters is 3. The molecule has 0 aromatic heterocycles. The van der Waals surface area contributed by atoms with E-state index in [0.717, 1.165) is 64.2 Å². The molecule has 0 aliphatic carbocycles. The Morgan fingerprint density at radius 2 is 0.554 bits per heavy atom. The van der Waals surface area contributed by atoms with Gasteiger partial charge in [0.15, 0.2) is 6.10 Å². The quantitative estimate of drug-likeness (QED) is 0.0261. The van der Waals surface area contributed by atoms with Crippen molar-refractivity contribution in [1.29, 1.82) is 0 Å². The molecule has 0 aromatic rings. The van der Waals surface area contributed by atoms with Gasteiger partial charge < -0.3 is 14.2 Å². The summed E-state index contributed by atoms with van der Waals surface area (Å²) >= 11 is 0. The Hall–Kier alpha value is -2.89. The summed E-state index contributed by atoms with van der Waals surface area (Å²) in [7, 11) is 0. The molecule has 0 saturated carbocycles. The number of ether oxygens (including phenoxy) is 3. The number of rotatable bonds is 59. The average Bonchev–Trinajstić information content (AvgIpc) is 3.40. The van der Waals surface area contributed by atoms with E-state index in [1.54, 1.807) is 0 Å². The van der Waals surface area contributed by atoms with Crippen LogP contribution in [-0.2, 0) is 28.6 Å². The summed E-state index contributed by atoms with van der Waals surface area (Å²) in [5, 5.41) is 0. The van der Waals surface area contributed by atoms with Crippen molar-refractivity contribution in [3.8, 4) is 0 Å². The molecule has 0 aromatic carbocycles.